The fourth-order valence-electron chi connectivity index (χ4n) is 5.73. The van der Waals surface area contributed by atoms with Crippen LogP contribution in [0.5, 0.6) is 0 Å². The number of carbonyl (C=O) groups excluding carboxylic acids is 2. The summed E-state index contributed by atoms with van der Waals surface area (Å²) in [6.45, 7) is 2.41. The van der Waals surface area contributed by atoms with Crippen molar-refractivity contribution in [3.63, 3.8) is 0 Å². The molecule has 16 heteroatoms. The Labute approximate surface area is 294 Å². The molecular weight excluding hydrogens is 693 g/mol. The zero-order valence-corrected chi connectivity index (χ0v) is 28.2. The van der Waals surface area contributed by atoms with Gasteiger partial charge in [0.1, 0.15) is 30.1 Å². The summed E-state index contributed by atoms with van der Waals surface area (Å²) < 4.78 is 68.1. The van der Waals surface area contributed by atoms with E-state index in [4.69, 9.17) is 24.2 Å². The molecule has 0 bridgehead atoms. The monoisotopic (exact) mass is 726 g/mol. The standard InChI is InChI=1S/C35H33F3N4O8S/c1-21(51-27-16-48-31(49-17-27)6-4-3-5-24-8-7-23(14-39)11-29(24)37)35(18-42-20-40-19-41-42,28-10-9-26(36)12-30(28)38)50-33(46)34(32(44)45)13-25(34)15-47-22(2)43/h3-12,19-21,25,27,31H,13,15-18H2,1-2H3,(H,44,45)/b5-3+,6-4+/t21-,25?,27?,31?,34?,35-/m1/s1. The molecule has 1 aliphatic heterocycles. The van der Waals surface area contributed by atoms with E-state index in [9.17, 15) is 28.3 Å². The summed E-state index contributed by atoms with van der Waals surface area (Å²) in [5.41, 5.74) is -3.76. The molecule has 2 fully saturated rings. The molecule has 1 N–H and O–H groups in total. The number of aromatic nitrogens is 3. The summed E-state index contributed by atoms with van der Waals surface area (Å²) >= 11 is 1.22. The number of nitriles is 1. The molecule has 1 saturated heterocycles. The smallest absolute Gasteiger partial charge is 0.324 e. The lowest BCUT2D eigenvalue weighted by molar-refractivity contribution is -0.178. The first-order valence-electron chi connectivity index (χ1n) is 15.7. The van der Waals surface area contributed by atoms with Gasteiger partial charge in [0.15, 0.2) is 17.3 Å². The van der Waals surface area contributed by atoms with Crippen molar-refractivity contribution in [1.29, 1.82) is 5.26 Å². The normalized spacial score (nSPS) is 23.3. The van der Waals surface area contributed by atoms with Gasteiger partial charge in [0.05, 0.1) is 43.2 Å². The van der Waals surface area contributed by atoms with E-state index in [2.05, 4.69) is 10.1 Å². The third kappa shape index (κ3) is 8.50. The lowest BCUT2D eigenvalue weighted by Crippen LogP contribution is -2.49. The summed E-state index contributed by atoms with van der Waals surface area (Å²) in [5, 5.41) is 21.9. The van der Waals surface area contributed by atoms with Crippen molar-refractivity contribution in [2.45, 2.75) is 49.2 Å². The van der Waals surface area contributed by atoms with Crippen LogP contribution in [0.1, 0.15) is 37.0 Å². The molecule has 2 aliphatic rings. The highest BCUT2D eigenvalue weighted by atomic mass is 32.2. The lowest BCUT2D eigenvalue weighted by Gasteiger charge is -2.41. The zero-order valence-electron chi connectivity index (χ0n) is 27.4. The molecular formula is C35H33F3N4O8S. The minimum atomic E-state index is -2.07. The number of carboxylic acid groups (broad SMARTS) is 1. The van der Waals surface area contributed by atoms with Gasteiger partial charge in [-0.3, -0.25) is 14.4 Å². The van der Waals surface area contributed by atoms with Gasteiger partial charge in [-0.15, -0.1) is 11.8 Å². The second-order valence-electron chi connectivity index (χ2n) is 12.0. The van der Waals surface area contributed by atoms with Gasteiger partial charge in [-0.1, -0.05) is 24.3 Å². The van der Waals surface area contributed by atoms with Crippen LogP contribution in [0.3, 0.4) is 0 Å². The molecule has 51 heavy (non-hydrogen) atoms. The van der Waals surface area contributed by atoms with Gasteiger partial charge in [-0.25, -0.2) is 22.8 Å². The van der Waals surface area contributed by atoms with Gasteiger partial charge >= 0.3 is 17.9 Å². The first kappa shape index (κ1) is 37.3. The van der Waals surface area contributed by atoms with Crippen molar-refractivity contribution in [3.8, 4) is 6.07 Å². The predicted octanol–water partition coefficient (Wildman–Crippen LogP) is 4.79. The van der Waals surface area contributed by atoms with E-state index in [1.807, 2.05) is 6.07 Å². The molecule has 1 aromatic heterocycles. The minimum Gasteiger partial charge on any atom is -0.480 e. The van der Waals surface area contributed by atoms with Crippen molar-refractivity contribution in [3.05, 3.63) is 101 Å². The maximum Gasteiger partial charge on any atom is 0.324 e. The van der Waals surface area contributed by atoms with E-state index in [0.29, 0.717) is 6.07 Å². The number of hydrogen-bond acceptors (Lipinski definition) is 11. The number of hydrogen-bond donors (Lipinski definition) is 1. The molecule has 2 heterocycles. The molecule has 12 nitrogen and oxygen atoms in total. The minimum absolute atomic E-state index is 0.140. The van der Waals surface area contributed by atoms with E-state index in [1.165, 1.54) is 47.3 Å². The van der Waals surface area contributed by atoms with Crippen LogP contribution in [0.2, 0.25) is 0 Å². The Kier molecular flexibility index (Phi) is 11.6. The number of rotatable bonds is 14. The van der Waals surface area contributed by atoms with Crippen LogP contribution in [0, 0.1) is 40.1 Å². The number of aliphatic carboxylic acids is 1. The topological polar surface area (TPSA) is 163 Å². The summed E-state index contributed by atoms with van der Waals surface area (Å²) in [7, 11) is 0. The Morgan fingerprint density at radius 1 is 1.18 bits per heavy atom. The largest absolute Gasteiger partial charge is 0.480 e. The van der Waals surface area contributed by atoms with Crippen LogP contribution in [0.25, 0.3) is 6.08 Å². The highest BCUT2D eigenvalue weighted by Crippen LogP contribution is 2.56. The maximum atomic E-state index is 15.7. The van der Waals surface area contributed by atoms with Gasteiger partial charge in [0.2, 0.25) is 0 Å². The maximum absolute atomic E-state index is 15.7. The number of benzene rings is 2. The van der Waals surface area contributed by atoms with Crippen molar-refractivity contribution in [1.82, 2.24) is 14.8 Å². The number of nitrogens with zero attached hydrogens (tertiary/aromatic N) is 4. The number of allylic oxidation sites excluding steroid dienone is 2. The summed E-state index contributed by atoms with van der Waals surface area (Å²) in [6.07, 6.45) is 7.93. The molecule has 3 aromatic rings. The lowest BCUT2D eigenvalue weighted by atomic mass is 9.88. The number of thioether (sulfide) groups is 1. The van der Waals surface area contributed by atoms with Crippen LogP contribution in [-0.2, 0) is 45.5 Å². The van der Waals surface area contributed by atoms with Crippen LogP contribution in [0.4, 0.5) is 13.2 Å². The predicted molar refractivity (Wildman–Crippen MR) is 175 cm³/mol. The average molecular weight is 727 g/mol. The quantitative estimate of drug-likeness (QED) is 0.138. The van der Waals surface area contributed by atoms with Crippen molar-refractivity contribution >= 4 is 35.7 Å². The number of ether oxygens (including phenoxy) is 4. The van der Waals surface area contributed by atoms with Crippen LogP contribution >= 0.6 is 11.8 Å². The number of halogens is 3. The number of esters is 2. The van der Waals surface area contributed by atoms with Crippen molar-refractivity contribution in [2.24, 2.45) is 11.3 Å². The van der Waals surface area contributed by atoms with Crippen LogP contribution in [-0.4, -0.2) is 74.4 Å². The molecule has 2 aromatic carbocycles. The Morgan fingerprint density at radius 2 is 1.94 bits per heavy atom. The molecule has 1 saturated carbocycles. The third-order valence-corrected chi connectivity index (χ3v) is 10.0. The van der Waals surface area contributed by atoms with Crippen LogP contribution in [0.15, 0.2) is 67.3 Å². The fraction of sp³-hybridized carbons (Fsp3) is 0.371. The van der Waals surface area contributed by atoms with Gasteiger partial charge in [0, 0.05) is 35.3 Å². The molecule has 2 unspecified atom stereocenters. The highest BCUT2D eigenvalue weighted by Gasteiger charge is 2.69. The van der Waals surface area contributed by atoms with E-state index in [1.54, 1.807) is 25.2 Å². The Morgan fingerprint density at radius 3 is 2.57 bits per heavy atom. The molecule has 0 amide bonds. The first-order chi connectivity index (χ1) is 24.4. The summed E-state index contributed by atoms with van der Waals surface area (Å²) in [4.78, 5) is 41.8. The second kappa shape index (κ2) is 15.9. The summed E-state index contributed by atoms with van der Waals surface area (Å²) in [5.74, 6) is -6.68. The molecule has 4 atom stereocenters. The van der Waals surface area contributed by atoms with Crippen molar-refractivity contribution < 1.29 is 51.6 Å². The van der Waals surface area contributed by atoms with Crippen molar-refractivity contribution in [2.75, 3.05) is 19.8 Å². The van der Waals surface area contributed by atoms with E-state index in [-0.39, 0.29) is 49.5 Å². The van der Waals surface area contributed by atoms with Gasteiger partial charge in [-0.05, 0) is 43.7 Å². The van der Waals surface area contributed by atoms with E-state index < -0.39 is 69.1 Å². The Hall–Kier alpha value is -4.98. The third-order valence-electron chi connectivity index (χ3n) is 8.59. The Balaban J connectivity index is 1.36. The van der Waals surface area contributed by atoms with Gasteiger partial charge in [0.25, 0.3) is 0 Å². The molecule has 5 rings (SSSR count). The average Bonchev–Trinajstić information content (AvgIpc) is 3.63. The Bertz CT molecular complexity index is 1860. The first-order valence-corrected chi connectivity index (χ1v) is 16.6. The number of carboxylic acids is 1. The van der Waals surface area contributed by atoms with E-state index >= 15 is 4.39 Å². The molecule has 1 aliphatic carbocycles. The second-order valence-corrected chi connectivity index (χ2v) is 13.6. The van der Waals surface area contributed by atoms with Gasteiger partial charge in [-0.2, -0.15) is 10.4 Å². The molecule has 268 valence electrons. The van der Waals surface area contributed by atoms with E-state index in [0.717, 1.165) is 25.1 Å². The number of carbonyl (C=O) groups is 3. The molecule has 0 radical (unpaired) electrons. The SMILES string of the molecule is CC(=O)OCC1CC1(C(=O)O)C(=O)O[C@@](Cn1cncn1)(c1ccc(F)cc1F)[C@@H](C)SC1COC(/C=C/C=C/c2ccc(C#N)cc2F)OC1. The van der Waals surface area contributed by atoms with Gasteiger partial charge < -0.3 is 24.1 Å². The zero-order chi connectivity index (χ0) is 36.8. The summed E-state index contributed by atoms with van der Waals surface area (Å²) in [6, 6.07) is 8.77. The fourth-order valence-corrected chi connectivity index (χ4v) is 7.09. The molecule has 0 spiro atoms. The highest BCUT2D eigenvalue weighted by molar-refractivity contribution is 8.00. The van der Waals surface area contributed by atoms with Crippen LogP contribution < -0.4 is 0 Å².